The Labute approximate surface area is 168 Å². The summed E-state index contributed by atoms with van der Waals surface area (Å²) in [7, 11) is 0. The smallest absolute Gasteiger partial charge is 0.240 e. The van der Waals surface area contributed by atoms with E-state index in [0.29, 0.717) is 5.02 Å². The number of rotatable bonds is 5. The first-order valence-corrected chi connectivity index (χ1v) is 9.55. The molecule has 0 saturated heterocycles. The molecule has 0 aliphatic rings. The van der Waals surface area contributed by atoms with Crippen LogP contribution in [0.15, 0.2) is 78.9 Å². The zero-order valence-electron chi connectivity index (χ0n) is 15.5. The van der Waals surface area contributed by atoms with Crippen molar-refractivity contribution in [2.24, 2.45) is 0 Å². The summed E-state index contributed by atoms with van der Waals surface area (Å²) in [6.45, 7) is 2.18. The van der Waals surface area contributed by atoms with Crippen LogP contribution in [0, 0.1) is 0 Å². The first kappa shape index (κ1) is 18.3. The van der Waals surface area contributed by atoms with Gasteiger partial charge in [0, 0.05) is 10.6 Å². The third-order valence-electron chi connectivity index (χ3n) is 4.74. The van der Waals surface area contributed by atoms with Gasteiger partial charge in [-0.3, -0.25) is 4.79 Å². The maximum Gasteiger partial charge on any atom is 0.240 e. The van der Waals surface area contributed by atoms with Gasteiger partial charge in [0.25, 0.3) is 0 Å². The topological polar surface area (TPSA) is 46.9 Å². The van der Waals surface area contributed by atoms with Crippen LogP contribution >= 0.6 is 11.6 Å². The molecule has 1 N–H and O–H groups in total. The standard InChI is InChI=1S/C23H20ClN3O/c1-16(17-7-3-2-4-8-17)25-22(28)15-27-21-10-6-5-9-20(21)26-23(27)18-11-13-19(24)14-12-18/h2-14,16H,15H2,1H3,(H,25,28). The Morgan fingerprint density at radius 3 is 2.43 bits per heavy atom. The Morgan fingerprint density at radius 2 is 1.68 bits per heavy atom. The van der Waals surface area contributed by atoms with Crippen molar-refractivity contribution in [3.8, 4) is 11.4 Å². The Morgan fingerprint density at radius 1 is 1.00 bits per heavy atom. The lowest BCUT2D eigenvalue weighted by molar-refractivity contribution is -0.122. The van der Waals surface area contributed by atoms with Crippen molar-refractivity contribution in [1.29, 1.82) is 0 Å². The second-order valence-electron chi connectivity index (χ2n) is 6.72. The van der Waals surface area contributed by atoms with E-state index in [9.17, 15) is 4.79 Å². The van der Waals surface area contributed by atoms with Gasteiger partial charge in [0.1, 0.15) is 12.4 Å². The molecule has 3 aromatic carbocycles. The van der Waals surface area contributed by atoms with E-state index in [1.165, 1.54) is 0 Å². The first-order chi connectivity index (χ1) is 13.6. The maximum absolute atomic E-state index is 12.8. The number of benzene rings is 3. The predicted octanol–water partition coefficient (Wildman–Crippen LogP) is 5.23. The molecule has 1 unspecified atom stereocenters. The van der Waals surface area contributed by atoms with Gasteiger partial charge in [0.2, 0.25) is 5.91 Å². The molecular formula is C23H20ClN3O. The summed E-state index contributed by atoms with van der Waals surface area (Å²) in [5, 5.41) is 3.75. The fourth-order valence-corrected chi connectivity index (χ4v) is 3.44. The largest absolute Gasteiger partial charge is 0.348 e. The fourth-order valence-electron chi connectivity index (χ4n) is 3.31. The highest BCUT2D eigenvalue weighted by Crippen LogP contribution is 2.26. The second-order valence-corrected chi connectivity index (χ2v) is 7.15. The molecule has 1 aromatic heterocycles. The van der Waals surface area contributed by atoms with Gasteiger partial charge >= 0.3 is 0 Å². The van der Waals surface area contributed by atoms with Crippen molar-refractivity contribution >= 4 is 28.5 Å². The lowest BCUT2D eigenvalue weighted by atomic mass is 10.1. The zero-order chi connectivity index (χ0) is 19.5. The van der Waals surface area contributed by atoms with Gasteiger partial charge in [0.15, 0.2) is 0 Å². The van der Waals surface area contributed by atoms with Gasteiger partial charge in [-0.25, -0.2) is 4.98 Å². The molecule has 4 nitrogen and oxygen atoms in total. The molecule has 0 saturated carbocycles. The Hall–Kier alpha value is -3.11. The van der Waals surface area contributed by atoms with Crippen molar-refractivity contribution in [3.63, 3.8) is 0 Å². The Balaban J connectivity index is 1.64. The highest BCUT2D eigenvalue weighted by molar-refractivity contribution is 6.30. The summed E-state index contributed by atoms with van der Waals surface area (Å²) in [5.41, 5.74) is 3.78. The molecule has 140 valence electrons. The normalized spacial score (nSPS) is 12.1. The monoisotopic (exact) mass is 389 g/mol. The number of imidazole rings is 1. The molecule has 0 fully saturated rings. The van der Waals surface area contributed by atoms with Crippen LogP contribution in [0.1, 0.15) is 18.5 Å². The third kappa shape index (κ3) is 3.78. The molecule has 4 rings (SSSR count). The molecule has 1 atom stereocenters. The van der Waals surface area contributed by atoms with E-state index in [4.69, 9.17) is 16.6 Å². The molecule has 0 bridgehead atoms. The lowest BCUT2D eigenvalue weighted by Gasteiger charge is -2.16. The number of amides is 1. The Bertz CT molecular complexity index is 1100. The minimum absolute atomic E-state index is 0.0604. The van der Waals surface area contributed by atoms with E-state index in [2.05, 4.69) is 5.32 Å². The van der Waals surface area contributed by atoms with Crippen LogP contribution in [0.25, 0.3) is 22.4 Å². The molecule has 0 aliphatic carbocycles. The molecular weight excluding hydrogens is 370 g/mol. The number of halogens is 1. The minimum Gasteiger partial charge on any atom is -0.348 e. The average Bonchev–Trinajstić information content (AvgIpc) is 3.07. The van der Waals surface area contributed by atoms with Crippen molar-refractivity contribution in [2.45, 2.75) is 19.5 Å². The van der Waals surface area contributed by atoms with Gasteiger partial charge in [0.05, 0.1) is 17.1 Å². The van der Waals surface area contributed by atoms with Gasteiger partial charge < -0.3 is 9.88 Å². The fraction of sp³-hybridized carbons (Fsp3) is 0.130. The Kier molecular flexibility index (Phi) is 5.13. The number of nitrogens with zero attached hydrogens (tertiary/aromatic N) is 2. The first-order valence-electron chi connectivity index (χ1n) is 9.17. The zero-order valence-corrected chi connectivity index (χ0v) is 16.2. The summed E-state index contributed by atoms with van der Waals surface area (Å²) in [5.74, 6) is 0.690. The van der Waals surface area contributed by atoms with Gasteiger partial charge in [-0.05, 0) is 48.9 Å². The number of carbonyl (C=O) groups excluding carboxylic acids is 1. The summed E-state index contributed by atoms with van der Waals surface area (Å²) in [6.07, 6.45) is 0. The summed E-state index contributed by atoms with van der Waals surface area (Å²) >= 11 is 6.03. The van der Waals surface area contributed by atoms with Crippen molar-refractivity contribution in [3.05, 3.63) is 89.4 Å². The lowest BCUT2D eigenvalue weighted by Crippen LogP contribution is -2.30. The van der Waals surface area contributed by atoms with E-state index >= 15 is 0 Å². The van der Waals surface area contributed by atoms with Gasteiger partial charge in [-0.1, -0.05) is 54.1 Å². The average molecular weight is 390 g/mol. The van der Waals surface area contributed by atoms with Crippen molar-refractivity contribution in [1.82, 2.24) is 14.9 Å². The van der Waals surface area contributed by atoms with Gasteiger partial charge in [-0.15, -0.1) is 0 Å². The van der Waals surface area contributed by atoms with Crippen LogP contribution in [0.3, 0.4) is 0 Å². The highest BCUT2D eigenvalue weighted by Gasteiger charge is 2.16. The molecule has 28 heavy (non-hydrogen) atoms. The van der Waals surface area contributed by atoms with Crippen LogP contribution in [0.5, 0.6) is 0 Å². The number of hydrogen-bond donors (Lipinski definition) is 1. The molecule has 4 aromatic rings. The molecule has 0 spiro atoms. The summed E-state index contributed by atoms with van der Waals surface area (Å²) in [6, 6.07) is 25.2. The maximum atomic E-state index is 12.8. The van der Waals surface area contributed by atoms with Crippen LogP contribution in [-0.4, -0.2) is 15.5 Å². The minimum atomic E-state index is -0.0672. The van der Waals surface area contributed by atoms with Crippen molar-refractivity contribution < 1.29 is 4.79 Å². The number of hydrogen-bond acceptors (Lipinski definition) is 2. The number of aromatic nitrogens is 2. The van der Waals surface area contributed by atoms with E-state index < -0.39 is 0 Å². The summed E-state index contributed by atoms with van der Waals surface area (Å²) < 4.78 is 1.95. The van der Waals surface area contributed by atoms with Crippen LogP contribution < -0.4 is 5.32 Å². The third-order valence-corrected chi connectivity index (χ3v) is 4.99. The molecule has 1 amide bonds. The molecule has 1 heterocycles. The molecule has 5 heteroatoms. The van der Waals surface area contributed by atoms with E-state index in [-0.39, 0.29) is 18.5 Å². The van der Waals surface area contributed by atoms with Crippen LogP contribution in [0.2, 0.25) is 5.02 Å². The molecule has 0 radical (unpaired) electrons. The quantitative estimate of drug-likeness (QED) is 0.507. The second kappa shape index (κ2) is 7.87. The number of nitrogens with one attached hydrogen (secondary N) is 1. The number of carbonyl (C=O) groups is 1. The number of para-hydroxylation sites is 2. The molecule has 0 aliphatic heterocycles. The van der Waals surface area contributed by atoms with Gasteiger partial charge in [-0.2, -0.15) is 0 Å². The van der Waals surface area contributed by atoms with E-state index in [1.54, 1.807) is 0 Å². The van der Waals surface area contributed by atoms with Crippen LogP contribution in [0.4, 0.5) is 0 Å². The van der Waals surface area contributed by atoms with E-state index in [0.717, 1.165) is 28.0 Å². The summed E-state index contributed by atoms with van der Waals surface area (Å²) in [4.78, 5) is 17.5. The SMILES string of the molecule is CC(NC(=O)Cn1c(-c2ccc(Cl)cc2)nc2ccccc21)c1ccccc1. The van der Waals surface area contributed by atoms with Crippen LogP contribution in [-0.2, 0) is 11.3 Å². The van der Waals surface area contributed by atoms with Crippen molar-refractivity contribution in [2.75, 3.05) is 0 Å². The predicted molar refractivity (Wildman–Crippen MR) is 113 cm³/mol. The van der Waals surface area contributed by atoms with E-state index in [1.807, 2.05) is 90.4 Å². The highest BCUT2D eigenvalue weighted by atomic mass is 35.5. The number of fused-ring (bicyclic) bond motifs is 1.